The zero-order valence-corrected chi connectivity index (χ0v) is 50.9. The van der Waals surface area contributed by atoms with Gasteiger partial charge in [0.15, 0.2) is 12.6 Å². The minimum Gasteiger partial charge on any atom is -0.387 e. The van der Waals surface area contributed by atoms with Gasteiger partial charge in [0.2, 0.25) is 29.5 Å². The Bertz CT molecular complexity index is 2590. The van der Waals surface area contributed by atoms with Gasteiger partial charge in [0.05, 0.1) is 48.0 Å². The highest BCUT2D eigenvalue weighted by atomic mass is 35.5. The Kier molecular flexibility index (Phi) is 23.5. The van der Waals surface area contributed by atoms with Crippen molar-refractivity contribution >= 4 is 46.8 Å². The Morgan fingerprint density at radius 1 is 0.890 bits per heavy atom. The fourth-order valence-corrected chi connectivity index (χ4v) is 12.1. The smallest absolute Gasteiger partial charge is 0.247 e. The lowest BCUT2D eigenvalue weighted by Gasteiger charge is -2.49. The average molecular weight is 1160 g/mol. The Labute approximate surface area is 489 Å². The molecule has 0 aliphatic carbocycles. The van der Waals surface area contributed by atoms with Crippen molar-refractivity contribution in [1.82, 2.24) is 25.8 Å². The molecule has 3 aliphatic heterocycles. The lowest BCUT2D eigenvalue weighted by atomic mass is 9.77. The van der Waals surface area contributed by atoms with Gasteiger partial charge in [0, 0.05) is 75.1 Å². The van der Waals surface area contributed by atoms with Crippen LogP contribution in [0.1, 0.15) is 105 Å². The number of rotatable bonds is 16. The molecular weight excluding hydrogens is 1070 g/mol. The predicted octanol–water partition coefficient (Wildman–Crippen LogP) is 5.43. The van der Waals surface area contributed by atoms with Crippen molar-refractivity contribution in [2.45, 2.75) is 192 Å². The number of carbonyl (C=O) groups excluding carboxylic acids is 5. The number of hydrogen-bond acceptors (Lipinski definition) is 14. The minimum atomic E-state index is -1.72. The van der Waals surface area contributed by atoms with Crippen LogP contribution < -0.4 is 21.3 Å². The summed E-state index contributed by atoms with van der Waals surface area (Å²) in [7, 11) is 6.87. The number of nitrogens with one attached hydrogen (secondary N) is 4. The zero-order valence-electron chi connectivity index (χ0n) is 50.1. The van der Waals surface area contributed by atoms with E-state index in [1.54, 1.807) is 77.2 Å². The molecule has 0 spiro atoms. The SMILES string of the molecule is CO[C@]1(C)C[C@H](O[C@H]2[C@H](C)[C@@H](O[C@@H]3O[C@H](C)C[C@H](N(C)C)[C@H]3O)[C@](C)(O)C[C@@H](C)CN(C)C(=O)[C@@H](Cc3ccc(NC(=O)[C@H](Cc4ccccc4Cl)NC(=O)Cc4ccccc4)cc3)NC(=O)C[C@@H](C(C)C)NC(=O)[C@@H]2C)O[C@@H](C)[C@@H]1O. The summed E-state index contributed by atoms with van der Waals surface area (Å²) < 4.78 is 32.1. The van der Waals surface area contributed by atoms with Crippen molar-refractivity contribution in [2.24, 2.45) is 23.7 Å². The van der Waals surface area contributed by atoms with Crippen LogP contribution in [0, 0.1) is 23.7 Å². The molecule has 7 N–H and O–H groups in total. The number of nitrogens with zero attached hydrogens (tertiary/aromatic N) is 2. The van der Waals surface area contributed by atoms with Gasteiger partial charge in [-0.2, -0.15) is 0 Å². The Morgan fingerprint density at radius 2 is 1.55 bits per heavy atom. The normalized spacial score (nSPS) is 33.3. The van der Waals surface area contributed by atoms with Crippen LogP contribution in [0.25, 0.3) is 0 Å². The summed E-state index contributed by atoms with van der Waals surface area (Å²) in [6, 6.07) is 20.1. The van der Waals surface area contributed by atoms with E-state index in [0.717, 1.165) is 5.56 Å². The topological polar surface area (TPSA) is 247 Å². The third-order valence-electron chi connectivity index (χ3n) is 16.7. The van der Waals surface area contributed by atoms with Crippen molar-refractivity contribution in [3.8, 4) is 0 Å². The molecule has 3 aromatic rings. The third-order valence-corrected chi connectivity index (χ3v) is 17.0. The van der Waals surface area contributed by atoms with Crippen LogP contribution in [0.5, 0.6) is 0 Å². The summed E-state index contributed by atoms with van der Waals surface area (Å²) in [4.78, 5) is 74.6. The number of halogens is 1. The van der Waals surface area contributed by atoms with Gasteiger partial charge in [-0.25, -0.2) is 0 Å². The van der Waals surface area contributed by atoms with Crippen molar-refractivity contribution in [3.63, 3.8) is 0 Å². The molecule has 0 bridgehead atoms. The van der Waals surface area contributed by atoms with Gasteiger partial charge < -0.3 is 70.1 Å². The summed E-state index contributed by atoms with van der Waals surface area (Å²) in [6.45, 7) is 16.3. The maximum Gasteiger partial charge on any atom is 0.247 e. The second-order valence-corrected chi connectivity index (χ2v) is 24.8. The standard InChI is InChI=1S/C62H91ClN6O13/c1-35(2)46-31-51(71)66-48(28-42-23-25-44(26-24-42)64-58(75)47(30-43-21-17-18-22-45(43)63)65-50(70)29-41-19-15-14-16-20-41)59(76)69(12)34-36(3)32-61(8,77)56(82-60-53(72)49(68(10)11)27-37(4)79-60)38(5)54(39(6)57(74)67-46)81-52-33-62(9,78-13)55(73)40(7)80-52/h14-26,35-40,46-49,52-56,60,72-73,77H,27-34H2,1-13H3,(H,64,75)(H,65,70)(H,66,71)(H,67,74)/t36-,37-,38+,39-,40+,46+,47+,48-,49+,52+,53-,54+,55+,56-,60+,61-,62-/m1/s1. The van der Waals surface area contributed by atoms with Gasteiger partial charge in [0.1, 0.15) is 24.3 Å². The molecule has 20 heteroatoms. The number of aliphatic hydroxyl groups is 3. The van der Waals surface area contributed by atoms with Crippen LogP contribution in [-0.2, 0) is 66.9 Å². The summed E-state index contributed by atoms with van der Waals surface area (Å²) >= 11 is 6.51. The molecule has 3 fully saturated rings. The number of amides is 5. The molecule has 0 saturated carbocycles. The van der Waals surface area contributed by atoms with Crippen molar-refractivity contribution in [3.05, 3.63) is 101 Å². The molecule has 5 amide bonds. The van der Waals surface area contributed by atoms with Gasteiger partial charge in [-0.3, -0.25) is 24.0 Å². The molecule has 0 aromatic heterocycles. The monoisotopic (exact) mass is 1160 g/mol. The first kappa shape index (κ1) is 66.1. The number of benzene rings is 3. The first-order valence-electron chi connectivity index (χ1n) is 28.8. The Balaban J connectivity index is 1.29. The second-order valence-electron chi connectivity index (χ2n) is 24.4. The highest BCUT2D eigenvalue weighted by Crippen LogP contribution is 2.39. The lowest BCUT2D eigenvalue weighted by molar-refractivity contribution is -0.317. The van der Waals surface area contributed by atoms with E-state index >= 15 is 0 Å². The van der Waals surface area contributed by atoms with E-state index in [1.165, 1.54) is 12.0 Å². The first-order chi connectivity index (χ1) is 38.6. The van der Waals surface area contributed by atoms with Crippen molar-refractivity contribution in [2.75, 3.05) is 40.1 Å². The van der Waals surface area contributed by atoms with Gasteiger partial charge in [-0.05, 0) is 101 Å². The molecule has 0 radical (unpaired) electrons. The van der Waals surface area contributed by atoms with E-state index in [-0.39, 0.29) is 69.0 Å². The minimum absolute atomic E-state index is 0.0547. The maximum absolute atomic E-state index is 14.8. The average Bonchev–Trinajstić information content (AvgIpc) is 3.56. The summed E-state index contributed by atoms with van der Waals surface area (Å²) in [5.74, 6) is -4.60. The highest BCUT2D eigenvalue weighted by Gasteiger charge is 2.51. The van der Waals surface area contributed by atoms with E-state index in [4.69, 9.17) is 35.3 Å². The van der Waals surface area contributed by atoms with Gasteiger partial charge in [-0.1, -0.05) is 107 Å². The molecule has 0 unspecified atom stereocenters. The lowest BCUT2D eigenvalue weighted by Crippen LogP contribution is -2.61. The molecule has 3 aromatic carbocycles. The molecule has 19 nitrogen and oxygen atoms in total. The fourth-order valence-electron chi connectivity index (χ4n) is 11.9. The first-order valence-corrected chi connectivity index (χ1v) is 29.2. The molecule has 3 aliphatic rings. The molecule has 3 heterocycles. The fraction of sp³-hybridized carbons (Fsp3) is 0.629. The Morgan fingerprint density at radius 3 is 2.18 bits per heavy atom. The molecular formula is C62H91ClN6O13. The predicted molar refractivity (Wildman–Crippen MR) is 312 cm³/mol. The summed E-state index contributed by atoms with van der Waals surface area (Å²) in [5.41, 5.74) is -0.240. The highest BCUT2D eigenvalue weighted by molar-refractivity contribution is 6.31. The molecule has 454 valence electrons. The van der Waals surface area contributed by atoms with E-state index in [0.29, 0.717) is 28.3 Å². The third kappa shape index (κ3) is 17.5. The number of ether oxygens (including phenoxy) is 5. The Hall–Kier alpha value is -5.06. The van der Waals surface area contributed by atoms with E-state index in [2.05, 4.69) is 21.3 Å². The number of likely N-dealkylation sites (N-methyl/N-ethyl adjacent to an activating group) is 2. The van der Waals surface area contributed by atoms with Gasteiger partial charge >= 0.3 is 0 Å². The quantitative estimate of drug-likeness (QED) is 0.0947. The number of carbonyl (C=O) groups is 5. The van der Waals surface area contributed by atoms with Crippen LogP contribution in [0.3, 0.4) is 0 Å². The summed E-state index contributed by atoms with van der Waals surface area (Å²) in [5, 5.41) is 48.3. The second kappa shape index (κ2) is 29.2. The van der Waals surface area contributed by atoms with Gasteiger partial charge in [0.25, 0.3) is 0 Å². The van der Waals surface area contributed by atoms with Crippen LogP contribution in [0.15, 0.2) is 78.9 Å². The van der Waals surface area contributed by atoms with Crippen molar-refractivity contribution in [1.29, 1.82) is 0 Å². The van der Waals surface area contributed by atoms with Crippen molar-refractivity contribution < 1.29 is 63.0 Å². The van der Waals surface area contributed by atoms with E-state index in [9.17, 15) is 39.3 Å². The molecule has 6 rings (SSSR count). The number of hydrogen-bond donors (Lipinski definition) is 7. The number of anilines is 1. The molecule has 3 saturated heterocycles. The van der Waals surface area contributed by atoms with E-state index in [1.807, 2.05) is 90.0 Å². The zero-order chi connectivity index (χ0) is 60.4. The van der Waals surface area contributed by atoms with Crippen LogP contribution in [-0.4, -0.2) is 174 Å². The van der Waals surface area contributed by atoms with Crippen LogP contribution in [0.4, 0.5) is 5.69 Å². The van der Waals surface area contributed by atoms with Crippen LogP contribution >= 0.6 is 11.6 Å². The molecule has 17 atom stereocenters. The van der Waals surface area contributed by atoms with Gasteiger partial charge in [-0.15, -0.1) is 0 Å². The maximum atomic E-state index is 14.8. The summed E-state index contributed by atoms with van der Waals surface area (Å²) in [6.07, 6.45) is -6.82. The molecule has 82 heavy (non-hydrogen) atoms. The van der Waals surface area contributed by atoms with Crippen LogP contribution in [0.2, 0.25) is 5.02 Å². The van der Waals surface area contributed by atoms with E-state index < -0.39 is 114 Å². The largest absolute Gasteiger partial charge is 0.387 e. The number of aliphatic hydroxyl groups excluding tert-OH is 2. The number of methoxy groups -OCH3 is 1.